The van der Waals surface area contributed by atoms with Gasteiger partial charge in [-0.3, -0.25) is 4.79 Å². The van der Waals surface area contributed by atoms with Crippen molar-refractivity contribution in [2.45, 2.75) is 6.92 Å². The molecule has 0 fully saturated rings. The van der Waals surface area contributed by atoms with Crippen molar-refractivity contribution in [1.82, 2.24) is 0 Å². The number of anilines is 1. The highest BCUT2D eigenvalue weighted by molar-refractivity contribution is 6.32. The van der Waals surface area contributed by atoms with Crippen LogP contribution in [0.1, 0.15) is 6.92 Å². The molecule has 0 radical (unpaired) electrons. The number of esters is 1. The SMILES string of the molecule is CCOC(=O)CNc1cc(Cl)c(OC)cc1OC. The molecule has 6 heteroatoms. The summed E-state index contributed by atoms with van der Waals surface area (Å²) in [7, 11) is 3.05. The van der Waals surface area contributed by atoms with Crippen LogP contribution in [0, 0.1) is 0 Å². The standard InChI is InChI=1S/C12H16ClNO4/c1-4-18-12(15)7-14-9-5-8(13)10(16-2)6-11(9)17-3/h5-6,14H,4,7H2,1-3H3. The molecule has 0 aliphatic carbocycles. The molecule has 0 spiro atoms. The van der Waals surface area contributed by atoms with Gasteiger partial charge in [0, 0.05) is 6.07 Å². The Labute approximate surface area is 111 Å². The molecule has 0 aromatic heterocycles. The molecule has 0 saturated carbocycles. The van der Waals surface area contributed by atoms with Gasteiger partial charge in [-0.05, 0) is 13.0 Å². The van der Waals surface area contributed by atoms with Crippen LogP contribution in [0.5, 0.6) is 11.5 Å². The van der Waals surface area contributed by atoms with Crippen molar-refractivity contribution in [3.63, 3.8) is 0 Å². The van der Waals surface area contributed by atoms with Crippen molar-refractivity contribution in [3.05, 3.63) is 17.2 Å². The van der Waals surface area contributed by atoms with E-state index >= 15 is 0 Å². The lowest BCUT2D eigenvalue weighted by Gasteiger charge is -2.13. The number of carbonyl (C=O) groups excluding carboxylic acids is 1. The lowest BCUT2D eigenvalue weighted by molar-refractivity contribution is -0.140. The summed E-state index contributed by atoms with van der Waals surface area (Å²) < 4.78 is 15.1. The van der Waals surface area contributed by atoms with Crippen LogP contribution in [0.3, 0.4) is 0 Å². The molecular formula is C12H16ClNO4. The average molecular weight is 274 g/mol. The van der Waals surface area contributed by atoms with Gasteiger partial charge < -0.3 is 19.5 Å². The van der Waals surface area contributed by atoms with Gasteiger partial charge in [0.1, 0.15) is 18.0 Å². The maximum atomic E-state index is 11.2. The Hall–Kier alpha value is -1.62. The fourth-order valence-corrected chi connectivity index (χ4v) is 1.62. The van der Waals surface area contributed by atoms with Gasteiger partial charge in [-0.15, -0.1) is 0 Å². The molecule has 1 N–H and O–H groups in total. The highest BCUT2D eigenvalue weighted by atomic mass is 35.5. The molecule has 1 aromatic carbocycles. The van der Waals surface area contributed by atoms with Crippen molar-refractivity contribution in [2.75, 3.05) is 32.7 Å². The summed E-state index contributed by atoms with van der Waals surface area (Å²) in [5.74, 6) is 0.710. The van der Waals surface area contributed by atoms with E-state index in [1.165, 1.54) is 14.2 Å². The van der Waals surface area contributed by atoms with Gasteiger partial charge in [0.15, 0.2) is 0 Å². The minimum atomic E-state index is -0.341. The third-order valence-corrected chi connectivity index (χ3v) is 2.50. The van der Waals surface area contributed by atoms with Gasteiger partial charge in [0.25, 0.3) is 0 Å². The maximum absolute atomic E-state index is 11.2. The Morgan fingerprint density at radius 2 is 1.94 bits per heavy atom. The Kier molecular flexibility index (Phi) is 5.58. The normalized spacial score (nSPS) is 9.78. The van der Waals surface area contributed by atoms with Crippen LogP contribution >= 0.6 is 11.6 Å². The van der Waals surface area contributed by atoms with E-state index in [1.54, 1.807) is 19.1 Å². The second-order valence-electron chi connectivity index (χ2n) is 3.35. The van der Waals surface area contributed by atoms with Crippen LogP contribution in [0.4, 0.5) is 5.69 Å². The van der Waals surface area contributed by atoms with Crippen LogP contribution in [-0.2, 0) is 9.53 Å². The van der Waals surface area contributed by atoms with Gasteiger partial charge in [-0.25, -0.2) is 0 Å². The predicted octanol–water partition coefficient (Wildman–Crippen LogP) is 2.33. The molecule has 0 bridgehead atoms. The molecule has 5 nitrogen and oxygen atoms in total. The van der Waals surface area contributed by atoms with Gasteiger partial charge in [-0.1, -0.05) is 11.6 Å². The van der Waals surface area contributed by atoms with Crippen LogP contribution < -0.4 is 14.8 Å². The first kappa shape index (κ1) is 14.4. The molecule has 1 rings (SSSR count). The van der Waals surface area contributed by atoms with Crippen molar-refractivity contribution < 1.29 is 19.0 Å². The van der Waals surface area contributed by atoms with Crippen molar-refractivity contribution in [3.8, 4) is 11.5 Å². The fourth-order valence-electron chi connectivity index (χ4n) is 1.38. The molecule has 0 aliphatic rings. The van der Waals surface area contributed by atoms with Crippen LogP contribution in [-0.4, -0.2) is 33.3 Å². The van der Waals surface area contributed by atoms with E-state index in [-0.39, 0.29) is 12.5 Å². The zero-order valence-electron chi connectivity index (χ0n) is 10.6. The number of methoxy groups -OCH3 is 2. The van der Waals surface area contributed by atoms with E-state index in [9.17, 15) is 4.79 Å². The summed E-state index contributed by atoms with van der Waals surface area (Å²) in [6.07, 6.45) is 0. The van der Waals surface area contributed by atoms with E-state index in [0.29, 0.717) is 28.8 Å². The Bertz CT molecular complexity index is 423. The third-order valence-electron chi connectivity index (χ3n) is 2.20. The molecule has 0 aliphatic heterocycles. The second-order valence-corrected chi connectivity index (χ2v) is 3.75. The minimum Gasteiger partial charge on any atom is -0.495 e. The Morgan fingerprint density at radius 1 is 1.28 bits per heavy atom. The fraction of sp³-hybridized carbons (Fsp3) is 0.417. The van der Waals surface area contributed by atoms with Gasteiger partial charge in [0.2, 0.25) is 0 Å². The number of ether oxygens (including phenoxy) is 3. The van der Waals surface area contributed by atoms with Crippen molar-refractivity contribution >= 4 is 23.3 Å². The van der Waals surface area contributed by atoms with Crippen LogP contribution in [0.25, 0.3) is 0 Å². The van der Waals surface area contributed by atoms with Gasteiger partial charge in [-0.2, -0.15) is 0 Å². The summed E-state index contributed by atoms with van der Waals surface area (Å²) in [6.45, 7) is 2.15. The number of carbonyl (C=O) groups is 1. The molecule has 0 amide bonds. The van der Waals surface area contributed by atoms with E-state index in [1.807, 2.05) is 0 Å². The maximum Gasteiger partial charge on any atom is 0.325 e. The first-order valence-electron chi connectivity index (χ1n) is 5.43. The molecule has 100 valence electrons. The molecule has 0 heterocycles. The zero-order valence-corrected chi connectivity index (χ0v) is 11.3. The average Bonchev–Trinajstić information content (AvgIpc) is 2.36. The van der Waals surface area contributed by atoms with Crippen molar-refractivity contribution in [2.24, 2.45) is 0 Å². The summed E-state index contributed by atoms with van der Waals surface area (Å²) in [5, 5.41) is 3.34. The van der Waals surface area contributed by atoms with E-state index in [2.05, 4.69) is 5.32 Å². The second kappa shape index (κ2) is 6.96. The lowest BCUT2D eigenvalue weighted by atomic mass is 10.2. The number of rotatable bonds is 6. The molecule has 18 heavy (non-hydrogen) atoms. The molecular weight excluding hydrogens is 258 g/mol. The summed E-state index contributed by atoms with van der Waals surface area (Å²) >= 11 is 6.00. The Balaban J connectivity index is 2.81. The predicted molar refractivity (Wildman–Crippen MR) is 69.7 cm³/mol. The number of hydrogen-bond acceptors (Lipinski definition) is 5. The van der Waals surface area contributed by atoms with Crippen molar-refractivity contribution in [1.29, 1.82) is 0 Å². The molecule has 0 unspecified atom stereocenters. The lowest BCUT2D eigenvalue weighted by Crippen LogP contribution is -2.17. The molecule has 0 saturated heterocycles. The first-order chi connectivity index (χ1) is 8.62. The summed E-state index contributed by atoms with van der Waals surface area (Å²) in [6, 6.07) is 3.29. The highest BCUT2D eigenvalue weighted by Crippen LogP contribution is 2.35. The van der Waals surface area contributed by atoms with E-state index in [4.69, 9.17) is 25.8 Å². The molecule has 1 aromatic rings. The highest BCUT2D eigenvalue weighted by Gasteiger charge is 2.11. The van der Waals surface area contributed by atoms with E-state index in [0.717, 1.165) is 0 Å². The smallest absolute Gasteiger partial charge is 0.325 e. The molecule has 0 atom stereocenters. The third kappa shape index (κ3) is 3.70. The topological polar surface area (TPSA) is 56.8 Å². The van der Waals surface area contributed by atoms with Gasteiger partial charge in [0.05, 0.1) is 31.5 Å². The van der Waals surface area contributed by atoms with Crippen LogP contribution in [0.15, 0.2) is 12.1 Å². The zero-order chi connectivity index (χ0) is 13.5. The number of hydrogen-bond donors (Lipinski definition) is 1. The summed E-state index contributed by atoms with van der Waals surface area (Å²) in [5.41, 5.74) is 0.608. The summed E-state index contributed by atoms with van der Waals surface area (Å²) in [4.78, 5) is 11.2. The van der Waals surface area contributed by atoms with Gasteiger partial charge >= 0.3 is 5.97 Å². The number of nitrogens with one attached hydrogen (secondary N) is 1. The monoisotopic (exact) mass is 273 g/mol. The minimum absolute atomic E-state index is 0.0485. The van der Waals surface area contributed by atoms with Crippen LogP contribution in [0.2, 0.25) is 5.02 Å². The quantitative estimate of drug-likeness (QED) is 0.806. The Morgan fingerprint density at radius 3 is 2.50 bits per heavy atom. The van der Waals surface area contributed by atoms with E-state index < -0.39 is 0 Å². The number of benzene rings is 1. The number of halogens is 1. The first-order valence-corrected chi connectivity index (χ1v) is 5.81. The largest absolute Gasteiger partial charge is 0.495 e.